The fourth-order valence-electron chi connectivity index (χ4n) is 1.52. The summed E-state index contributed by atoms with van der Waals surface area (Å²) in [5.74, 6) is -0.311. The first-order valence-electron chi connectivity index (χ1n) is 8.47. The van der Waals surface area contributed by atoms with E-state index in [1.54, 1.807) is 20.8 Å². The average molecular weight is 349 g/mol. The third-order valence-electron chi connectivity index (χ3n) is 3.37. The van der Waals surface area contributed by atoms with E-state index in [1.807, 2.05) is 13.8 Å². The number of ketones is 1. The van der Waals surface area contributed by atoms with Gasteiger partial charge in [0.15, 0.2) is 5.78 Å². The van der Waals surface area contributed by atoms with E-state index in [2.05, 4.69) is 5.32 Å². The van der Waals surface area contributed by atoms with Crippen molar-refractivity contribution in [2.24, 2.45) is 11.8 Å². The Balaban J connectivity index is 3.56. The number of carbonyl (C=O) groups excluding carboxylic acids is 2. The first kappa shape index (κ1) is 22.9. The molecule has 0 bridgehead atoms. The largest absolute Gasteiger partial charge is 0.377 e. The van der Waals surface area contributed by atoms with Crippen molar-refractivity contribution in [3.8, 4) is 0 Å². The maximum atomic E-state index is 13.8. The second-order valence-electron chi connectivity index (χ2n) is 6.28. The topological polar surface area (TPSA) is 73.9 Å². The van der Waals surface area contributed by atoms with E-state index in [9.17, 15) is 14.0 Å². The van der Waals surface area contributed by atoms with Gasteiger partial charge in [-0.1, -0.05) is 27.7 Å². The summed E-state index contributed by atoms with van der Waals surface area (Å²) in [6.07, 6.45) is -1.89. The molecule has 0 saturated heterocycles. The molecule has 0 aliphatic carbocycles. The molecule has 7 heteroatoms. The molecule has 0 fully saturated rings. The van der Waals surface area contributed by atoms with Gasteiger partial charge < -0.3 is 19.5 Å². The lowest BCUT2D eigenvalue weighted by Crippen LogP contribution is -2.38. The fourth-order valence-corrected chi connectivity index (χ4v) is 1.52. The number of ether oxygens (including phenoxy) is 3. The highest BCUT2D eigenvalue weighted by Gasteiger charge is 2.18. The minimum atomic E-state index is -1.27. The Kier molecular flexibility index (Phi) is 12.7. The highest BCUT2D eigenvalue weighted by Crippen LogP contribution is 2.03. The van der Waals surface area contributed by atoms with Crippen LogP contribution in [-0.4, -0.2) is 63.5 Å². The van der Waals surface area contributed by atoms with E-state index in [0.717, 1.165) is 0 Å². The van der Waals surface area contributed by atoms with Crippen LogP contribution in [-0.2, 0) is 23.8 Å². The molecule has 0 aromatic heterocycles. The number of Topliss-reactive ketones (excluding diaryl/α,β-unsaturated/α-hetero) is 1. The molecule has 0 radical (unpaired) electrons. The maximum absolute atomic E-state index is 13.8. The van der Waals surface area contributed by atoms with Crippen LogP contribution < -0.4 is 5.32 Å². The van der Waals surface area contributed by atoms with Crippen molar-refractivity contribution in [1.82, 2.24) is 5.32 Å². The zero-order chi connectivity index (χ0) is 18.5. The van der Waals surface area contributed by atoms with Crippen molar-refractivity contribution in [3.05, 3.63) is 0 Å². The van der Waals surface area contributed by atoms with Crippen LogP contribution in [0.25, 0.3) is 0 Å². The third-order valence-corrected chi connectivity index (χ3v) is 3.37. The Labute approximate surface area is 144 Å². The highest BCUT2D eigenvalue weighted by atomic mass is 19.1. The molecule has 2 unspecified atom stereocenters. The van der Waals surface area contributed by atoms with Gasteiger partial charge >= 0.3 is 0 Å². The number of halogens is 1. The van der Waals surface area contributed by atoms with Crippen molar-refractivity contribution >= 4 is 11.7 Å². The third kappa shape index (κ3) is 11.5. The van der Waals surface area contributed by atoms with E-state index in [0.29, 0.717) is 19.8 Å². The number of hydrogen-bond acceptors (Lipinski definition) is 5. The van der Waals surface area contributed by atoms with E-state index in [-0.39, 0.29) is 43.3 Å². The summed E-state index contributed by atoms with van der Waals surface area (Å²) in [7, 11) is 0. The molecule has 0 saturated carbocycles. The molecule has 0 aromatic carbocycles. The van der Waals surface area contributed by atoms with Gasteiger partial charge in [0, 0.05) is 11.8 Å². The van der Waals surface area contributed by atoms with E-state index >= 15 is 0 Å². The summed E-state index contributed by atoms with van der Waals surface area (Å²) in [6.45, 7) is 10.1. The molecule has 0 aliphatic rings. The molecule has 0 heterocycles. The van der Waals surface area contributed by atoms with Crippen LogP contribution in [0.3, 0.4) is 0 Å². The number of alkyl halides is 1. The van der Waals surface area contributed by atoms with Gasteiger partial charge in [-0.25, -0.2) is 4.39 Å². The van der Waals surface area contributed by atoms with Crippen LogP contribution in [0, 0.1) is 11.8 Å². The minimum Gasteiger partial charge on any atom is -0.377 e. The minimum absolute atomic E-state index is 0.0280. The zero-order valence-electron chi connectivity index (χ0n) is 15.5. The van der Waals surface area contributed by atoms with Crippen LogP contribution in [0.5, 0.6) is 0 Å². The second-order valence-corrected chi connectivity index (χ2v) is 6.28. The Morgan fingerprint density at radius 1 is 0.917 bits per heavy atom. The first-order chi connectivity index (χ1) is 11.3. The Morgan fingerprint density at radius 2 is 1.50 bits per heavy atom. The molecule has 142 valence electrons. The number of hydrogen-bond donors (Lipinski definition) is 1. The van der Waals surface area contributed by atoms with E-state index in [1.165, 1.54) is 0 Å². The molecule has 0 aromatic rings. The lowest BCUT2D eigenvalue weighted by Gasteiger charge is -2.18. The lowest BCUT2D eigenvalue weighted by molar-refractivity contribution is -0.127. The smallest absolute Gasteiger partial charge is 0.222 e. The van der Waals surface area contributed by atoms with Gasteiger partial charge in [-0.15, -0.1) is 0 Å². The normalized spacial score (nSPS) is 14.0. The Bertz CT molecular complexity index is 363. The number of carbonyl (C=O) groups is 2. The predicted octanol–water partition coefficient (Wildman–Crippen LogP) is 1.76. The van der Waals surface area contributed by atoms with Gasteiger partial charge in [0.25, 0.3) is 0 Å². The predicted molar refractivity (Wildman–Crippen MR) is 89.6 cm³/mol. The van der Waals surface area contributed by atoms with Crippen molar-refractivity contribution in [3.63, 3.8) is 0 Å². The van der Waals surface area contributed by atoms with Crippen molar-refractivity contribution in [1.29, 1.82) is 0 Å². The van der Waals surface area contributed by atoms with Gasteiger partial charge in [0.2, 0.25) is 5.91 Å². The first-order valence-corrected chi connectivity index (χ1v) is 8.47. The maximum Gasteiger partial charge on any atom is 0.222 e. The molecule has 2 atom stereocenters. The molecule has 1 N–H and O–H groups in total. The van der Waals surface area contributed by atoms with Crippen molar-refractivity contribution < 1.29 is 28.2 Å². The zero-order valence-corrected chi connectivity index (χ0v) is 15.5. The van der Waals surface area contributed by atoms with Crippen molar-refractivity contribution in [2.45, 2.75) is 46.9 Å². The highest BCUT2D eigenvalue weighted by molar-refractivity contribution is 5.81. The quantitative estimate of drug-likeness (QED) is 0.484. The van der Waals surface area contributed by atoms with Gasteiger partial charge in [-0.2, -0.15) is 0 Å². The summed E-state index contributed by atoms with van der Waals surface area (Å²) in [6, 6.07) is 0. The van der Waals surface area contributed by atoms with E-state index < -0.39 is 12.3 Å². The lowest BCUT2D eigenvalue weighted by atomic mass is 10.1. The Morgan fingerprint density at radius 3 is 2.08 bits per heavy atom. The number of nitrogens with one attached hydrogen (secondary N) is 1. The molecule has 0 aliphatic heterocycles. The number of rotatable bonds is 14. The molecule has 0 spiro atoms. The van der Waals surface area contributed by atoms with E-state index in [4.69, 9.17) is 14.2 Å². The molecule has 24 heavy (non-hydrogen) atoms. The van der Waals surface area contributed by atoms with Gasteiger partial charge in [0.1, 0.15) is 12.8 Å². The van der Waals surface area contributed by atoms with Gasteiger partial charge in [-0.05, 0) is 6.92 Å². The second kappa shape index (κ2) is 13.3. The average Bonchev–Trinajstić information content (AvgIpc) is 2.53. The molecule has 6 nitrogen and oxygen atoms in total. The molecule has 0 rings (SSSR count). The monoisotopic (exact) mass is 349 g/mol. The van der Waals surface area contributed by atoms with Gasteiger partial charge in [-0.3, -0.25) is 9.59 Å². The summed E-state index contributed by atoms with van der Waals surface area (Å²) in [5, 5.41) is 2.54. The summed E-state index contributed by atoms with van der Waals surface area (Å²) < 4.78 is 29.6. The molecular formula is C17H32FNO5. The van der Waals surface area contributed by atoms with Crippen LogP contribution in [0.1, 0.15) is 34.6 Å². The fraction of sp³-hybridized carbons (Fsp3) is 0.882. The number of amides is 1. The van der Waals surface area contributed by atoms with Crippen LogP contribution in [0.2, 0.25) is 0 Å². The summed E-state index contributed by atoms with van der Waals surface area (Å²) >= 11 is 0. The summed E-state index contributed by atoms with van der Waals surface area (Å²) in [4.78, 5) is 22.7. The van der Waals surface area contributed by atoms with Crippen LogP contribution in [0.4, 0.5) is 4.39 Å². The Hall–Kier alpha value is -1.05. The standard InChI is InChI=1S/C17H32FNO5/c1-12(2)16(20)11-23-7-6-22-8-9-24-14(5)15(18)10-19-17(21)13(3)4/h12-15H,6-11H2,1-5H3,(H,19,21). The SMILES string of the molecule is CC(C)C(=O)COCCOCCOC(C)C(F)CNC(=O)C(C)C. The van der Waals surface area contributed by atoms with Gasteiger partial charge in [0.05, 0.1) is 39.1 Å². The molecule has 1 amide bonds. The van der Waals surface area contributed by atoms with Crippen LogP contribution in [0.15, 0.2) is 0 Å². The summed E-state index contributed by atoms with van der Waals surface area (Å²) in [5.41, 5.74) is 0. The van der Waals surface area contributed by atoms with Crippen molar-refractivity contribution in [2.75, 3.05) is 39.6 Å². The van der Waals surface area contributed by atoms with Crippen LogP contribution >= 0.6 is 0 Å². The molecular weight excluding hydrogens is 317 g/mol.